The van der Waals surface area contributed by atoms with E-state index in [0.717, 1.165) is 0 Å². The fourth-order valence-corrected chi connectivity index (χ4v) is 0.597. The predicted octanol–water partition coefficient (Wildman–Crippen LogP) is 2.58. The third kappa shape index (κ3) is 6.46. The van der Waals surface area contributed by atoms with Crippen LogP contribution in [0.25, 0.3) is 0 Å². The quantitative estimate of drug-likeness (QED) is 0.558. The van der Waals surface area contributed by atoms with Gasteiger partial charge in [-0.05, 0) is 12.8 Å². The van der Waals surface area contributed by atoms with Crippen molar-refractivity contribution in [2.24, 2.45) is 5.92 Å². The van der Waals surface area contributed by atoms with E-state index in [-0.39, 0.29) is 6.10 Å². The molecule has 0 fully saturated rings. The van der Waals surface area contributed by atoms with Crippen LogP contribution < -0.4 is 0 Å². The fourth-order valence-electron chi connectivity index (χ4n) is 0.464. The summed E-state index contributed by atoms with van der Waals surface area (Å²) in [7, 11) is 0. The topological polar surface area (TPSA) is 35.5 Å². The fraction of sp³-hybridized carbons (Fsp3) is 0.875. The van der Waals surface area contributed by atoms with Gasteiger partial charge in [0.15, 0.2) is 0 Å². The molecule has 4 heteroatoms. The molecule has 0 aromatic carbocycles. The minimum Gasteiger partial charge on any atom is -0.434 e. The number of hydrogen-bond acceptors (Lipinski definition) is 3. The van der Waals surface area contributed by atoms with Crippen molar-refractivity contribution in [3.05, 3.63) is 0 Å². The van der Waals surface area contributed by atoms with Gasteiger partial charge in [-0.3, -0.25) is 0 Å². The summed E-state index contributed by atoms with van der Waals surface area (Å²) in [6.07, 6.45) is -0.722. The second-order valence-electron chi connectivity index (χ2n) is 3.04. The lowest BCUT2D eigenvalue weighted by Crippen LogP contribution is -2.18. The number of carbonyl (C=O) groups excluding carboxylic acids is 1. The second-order valence-corrected chi connectivity index (χ2v) is 3.69. The SMILES string of the molecule is CC(C)COC(=O)OC(C)CBr. The average molecular weight is 239 g/mol. The molecule has 0 amide bonds. The molecular weight excluding hydrogens is 224 g/mol. The highest BCUT2D eigenvalue weighted by atomic mass is 79.9. The smallest absolute Gasteiger partial charge is 0.434 e. The molecule has 72 valence electrons. The maximum atomic E-state index is 10.9. The lowest BCUT2D eigenvalue weighted by Gasteiger charge is -2.11. The van der Waals surface area contributed by atoms with E-state index >= 15 is 0 Å². The number of ether oxygens (including phenoxy) is 2. The molecule has 0 rings (SSSR count). The number of rotatable bonds is 4. The highest BCUT2D eigenvalue weighted by Gasteiger charge is 2.09. The zero-order valence-electron chi connectivity index (χ0n) is 7.67. The summed E-state index contributed by atoms with van der Waals surface area (Å²) in [5.74, 6) is 0.344. The maximum Gasteiger partial charge on any atom is 0.508 e. The Balaban J connectivity index is 3.46. The molecule has 0 N–H and O–H groups in total. The molecule has 0 aromatic rings. The Hall–Kier alpha value is -0.250. The minimum absolute atomic E-state index is 0.135. The molecule has 1 atom stereocenters. The van der Waals surface area contributed by atoms with Crippen molar-refractivity contribution in [3.63, 3.8) is 0 Å². The van der Waals surface area contributed by atoms with E-state index in [0.29, 0.717) is 17.9 Å². The molecule has 0 aliphatic carbocycles. The van der Waals surface area contributed by atoms with Crippen LogP contribution >= 0.6 is 15.9 Å². The van der Waals surface area contributed by atoms with Crippen molar-refractivity contribution in [2.75, 3.05) is 11.9 Å². The first-order valence-corrected chi connectivity index (χ1v) is 5.07. The Labute approximate surface area is 81.6 Å². The number of halogens is 1. The lowest BCUT2D eigenvalue weighted by molar-refractivity contribution is 0.0296. The maximum absolute atomic E-state index is 10.9. The lowest BCUT2D eigenvalue weighted by atomic mass is 10.2. The molecular formula is C8H15BrO3. The zero-order chi connectivity index (χ0) is 9.56. The van der Waals surface area contributed by atoms with Gasteiger partial charge in [0.2, 0.25) is 0 Å². The Morgan fingerprint density at radius 2 is 2.00 bits per heavy atom. The molecule has 0 spiro atoms. The van der Waals surface area contributed by atoms with Crippen LogP contribution in [0, 0.1) is 5.92 Å². The summed E-state index contributed by atoms with van der Waals surface area (Å²) >= 11 is 3.19. The van der Waals surface area contributed by atoms with Gasteiger partial charge in [0.25, 0.3) is 0 Å². The number of hydrogen-bond donors (Lipinski definition) is 0. The molecule has 0 bridgehead atoms. The van der Waals surface area contributed by atoms with E-state index in [1.54, 1.807) is 6.92 Å². The molecule has 0 aliphatic rings. The van der Waals surface area contributed by atoms with Gasteiger partial charge in [0.1, 0.15) is 6.10 Å². The molecule has 0 aliphatic heterocycles. The summed E-state index contributed by atoms with van der Waals surface area (Å²) in [6, 6.07) is 0. The minimum atomic E-state index is -0.587. The molecule has 0 saturated heterocycles. The van der Waals surface area contributed by atoms with Crippen molar-refractivity contribution in [2.45, 2.75) is 26.9 Å². The van der Waals surface area contributed by atoms with Crippen LogP contribution in [-0.2, 0) is 9.47 Å². The molecule has 1 unspecified atom stereocenters. The molecule has 3 nitrogen and oxygen atoms in total. The van der Waals surface area contributed by atoms with Crippen LogP contribution in [0.4, 0.5) is 4.79 Å². The molecule has 0 aromatic heterocycles. The normalized spacial score (nSPS) is 12.8. The van der Waals surface area contributed by atoms with Gasteiger partial charge in [-0.15, -0.1) is 0 Å². The third-order valence-electron chi connectivity index (χ3n) is 1.05. The number of carbonyl (C=O) groups is 1. The highest BCUT2D eigenvalue weighted by Crippen LogP contribution is 2.00. The van der Waals surface area contributed by atoms with E-state index in [2.05, 4.69) is 15.9 Å². The first kappa shape index (κ1) is 11.8. The zero-order valence-corrected chi connectivity index (χ0v) is 9.26. The van der Waals surface area contributed by atoms with E-state index in [4.69, 9.17) is 9.47 Å². The van der Waals surface area contributed by atoms with Crippen molar-refractivity contribution in [3.8, 4) is 0 Å². The second kappa shape index (κ2) is 6.29. The van der Waals surface area contributed by atoms with Gasteiger partial charge in [-0.25, -0.2) is 4.79 Å². The summed E-state index contributed by atoms with van der Waals surface area (Å²) in [5, 5.41) is 0.629. The van der Waals surface area contributed by atoms with Crippen molar-refractivity contribution in [1.82, 2.24) is 0 Å². The Kier molecular flexibility index (Phi) is 6.16. The standard InChI is InChI=1S/C8H15BrO3/c1-6(2)5-11-8(10)12-7(3)4-9/h6-7H,4-5H2,1-3H3. The van der Waals surface area contributed by atoms with Gasteiger partial charge < -0.3 is 9.47 Å². The first-order valence-electron chi connectivity index (χ1n) is 3.95. The van der Waals surface area contributed by atoms with Crippen LogP contribution in [0.2, 0.25) is 0 Å². The van der Waals surface area contributed by atoms with Crippen LogP contribution in [0.5, 0.6) is 0 Å². The average Bonchev–Trinajstić information content (AvgIpc) is 2.00. The molecule has 0 radical (unpaired) electrons. The van der Waals surface area contributed by atoms with Gasteiger partial charge in [-0.1, -0.05) is 29.8 Å². The van der Waals surface area contributed by atoms with Crippen molar-refractivity contribution >= 4 is 22.1 Å². The van der Waals surface area contributed by atoms with Gasteiger partial charge in [-0.2, -0.15) is 0 Å². The molecule has 0 saturated carbocycles. The van der Waals surface area contributed by atoms with E-state index in [9.17, 15) is 4.79 Å². The molecule has 0 heterocycles. The van der Waals surface area contributed by atoms with Gasteiger partial charge in [0.05, 0.1) is 6.61 Å². The van der Waals surface area contributed by atoms with E-state index < -0.39 is 6.16 Å². The number of alkyl halides is 1. The van der Waals surface area contributed by atoms with Crippen LogP contribution in [0.1, 0.15) is 20.8 Å². The largest absolute Gasteiger partial charge is 0.508 e. The van der Waals surface area contributed by atoms with Crippen LogP contribution in [0.15, 0.2) is 0 Å². The summed E-state index contributed by atoms with van der Waals surface area (Å²) in [4.78, 5) is 10.9. The summed E-state index contributed by atoms with van der Waals surface area (Å²) < 4.78 is 9.64. The van der Waals surface area contributed by atoms with Crippen LogP contribution in [0.3, 0.4) is 0 Å². The van der Waals surface area contributed by atoms with E-state index in [1.165, 1.54) is 0 Å². The first-order chi connectivity index (χ1) is 5.56. The van der Waals surface area contributed by atoms with Crippen LogP contribution in [-0.4, -0.2) is 24.2 Å². The molecule has 12 heavy (non-hydrogen) atoms. The summed E-state index contributed by atoms with van der Waals surface area (Å²) in [5.41, 5.74) is 0. The van der Waals surface area contributed by atoms with Crippen molar-refractivity contribution < 1.29 is 14.3 Å². The Morgan fingerprint density at radius 3 is 2.42 bits per heavy atom. The van der Waals surface area contributed by atoms with Crippen molar-refractivity contribution in [1.29, 1.82) is 0 Å². The predicted molar refractivity (Wildman–Crippen MR) is 50.5 cm³/mol. The van der Waals surface area contributed by atoms with Gasteiger partial charge >= 0.3 is 6.16 Å². The Bertz CT molecular complexity index is 136. The monoisotopic (exact) mass is 238 g/mol. The van der Waals surface area contributed by atoms with E-state index in [1.807, 2.05) is 13.8 Å². The Morgan fingerprint density at radius 1 is 1.42 bits per heavy atom. The van der Waals surface area contributed by atoms with Gasteiger partial charge in [0, 0.05) is 5.33 Å². The third-order valence-corrected chi connectivity index (χ3v) is 1.96. The highest BCUT2D eigenvalue weighted by molar-refractivity contribution is 9.09. The summed E-state index contributed by atoms with van der Waals surface area (Å²) in [6.45, 7) is 6.15.